The minimum Gasteiger partial charge on any atom is -0.362 e. The Balaban J connectivity index is 1.45. The number of piperazine rings is 1. The summed E-state index contributed by atoms with van der Waals surface area (Å²) in [4.78, 5) is 26.5. The molecule has 1 aromatic heterocycles. The average molecular weight is 447 g/mol. The molecule has 4 rings (SSSR count). The molecule has 1 saturated heterocycles. The maximum Gasteiger partial charge on any atom is 0.416 e. The number of tetrazole rings is 1. The molecule has 0 spiro atoms. The van der Waals surface area contributed by atoms with Crippen LogP contribution in [0.4, 0.5) is 24.5 Å². The van der Waals surface area contributed by atoms with Crippen LogP contribution in [-0.2, 0) is 6.18 Å². The van der Waals surface area contributed by atoms with Crippen molar-refractivity contribution in [3.63, 3.8) is 0 Å². The van der Waals surface area contributed by atoms with Gasteiger partial charge in [0.15, 0.2) is 0 Å². The number of anilines is 1. The number of nitro groups is 1. The van der Waals surface area contributed by atoms with Crippen LogP contribution in [0.25, 0.3) is 5.69 Å². The molecule has 3 aromatic rings. The summed E-state index contributed by atoms with van der Waals surface area (Å²) in [6.07, 6.45) is -3.25. The van der Waals surface area contributed by atoms with E-state index in [9.17, 15) is 28.1 Å². The fourth-order valence-electron chi connectivity index (χ4n) is 3.48. The molecule has 0 unspecified atom stereocenters. The highest BCUT2D eigenvalue weighted by Gasteiger charge is 2.34. The molecule has 166 valence electrons. The summed E-state index contributed by atoms with van der Waals surface area (Å²) in [6.45, 7) is 1.04. The maximum atomic E-state index is 12.9. The van der Waals surface area contributed by atoms with Gasteiger partial charge in [-0.25, -0.2) is 4.68 Å². The van der Waals surface area contributed by atoms with Crippen LogP contribution in [0.3, 0.4) is 0 Å². The highest BCUT2D eigenvalue weighted by atomic mass is 19.4. The van der Waals surface area contributed by atoms with Crippen molar-refractivity contribution in [2.75, 3.05) is 31.1 Å². The lowest BCUT2D eigenvalue weighted by Gasteiger charge is -2.36. The van der Waals surface area contributed by atoms with Crippen molar-refractivity contribution in [1.29, 1.82) is 0 Å². The number of amides is 1. The first-order valence-electron chi connectivity index (χ1n) is 9.47. The largest absolute Gasteiger partial charge is 0.416 e. The monoisotopic (exact) mass is 447 g/mol. The second-order valence-electron chi connectivity index (χ2n) is 7.04. The van der Waals surface area contributed by atoms with Crippen molar-refractivity contribution in [1.82, 2.24) is 25.1 Å². The summed E-state index contributed by atoms with van der Waals surface area (Å²) in [7, 11) is 0. The molecular weight excluding hydrogens is 431 g/mol. The molecule has 32 heavy (non-hydrogen) atoms. The third-order valence-corrected chi connectivity index (χ3v) is 5.13. The highest BCUT2D eigenvalue weighted by molar-refractivity contribution is 5.94. The Kier molecular flexibility index (Phi) is 5.47. The number of aromatic nitrogens is 4. The Morgan fingerprint density at radius 2 is 1.72 bits per heavy atom. The molecule has 0 saturated carbocycles. The van der Waals surface area contributed by atoms with Crippen molar-refractivity contribution in [3.05, 3.63) is 70.0 Å². The minimum absolute atomic E-state index is 0.0980. The van der Waals surface area contributed by atoms with E-state index >= 15 is 0 Å². The number of benzene rings is 2. The van der Waals surface area contributed by atoms with Gasteiger partial charge in [0.25, 0.3) is 11.6 Å². The first-order valence-corrected chi connectivity index (χ1v) is 9.47. The van der Waals surface area contributed by atoms with Gasteiger partial charge in [0.2, 0.25) is 0 Å². The zero-order valence-corrected chi connectivity index (χ0v) is 16.4. The summed E-state index contributed by atoms with van der Waals surface area (Å²) in [6, 6.07) is 9.16. The van der Waals surface area contributed by atoms with Crippen molar-refractivity contribution in [3.8, 4) is 5.69 Å². The van der Waals surface area contributed by atoms with Gasteiger partial charge in [-0.2, -0.15) is 13.2 Å². The van der Waals surface area contributed by atoms with Gasteiger partial charge in [-0.1, -0.05) is 0 Å². The number of halogens is 3. The van der Waals surface area contributed by atoms with E-state index < -0.39 is 22.4 Å². The number of nitrogens with zero attached hydrogens (tertiary/aromatic N) is 7. The first-order chi connectivity index (χ1) is 15.2. The molecule has 1 aliphatic heterocycles. The Bertz CT molecular complexity index is 1130. The van der Waals surface area contributed by atoms with Crippen LogP contribution in [0, 0.1) is 10.1 Å². The molecule has 1 aliphatic rings. The average Bonchev–Trinajstić information content (AvgIpc) is 3.33. The molecule has 10 nitrogen and oxygen atoms in total. The summed E-state index contributed by atoms with van der Waals surface area (Å²) < 4.78 is 40.2. The molecule has 0 radical (unpaired) electrons. The van der Waals surface area contributed by atoms with E-state index in [4.69, 9.17) is 0 Å². The molecule has 0 N–H and O–H groups in total. The van der Waals surface area contributed by atoms with Crippen LogP contribution in [0.1, 0.15) is 15.9 Å². The summed E-state index contributed by atoms with van der Waals surface area (Å²) in [5.41, 5.74) is -0.452. The predicted molar refractivity (Wildman–Crippen MR) is 105 cm³/mol. The van der Waals surface area contributed by atoms with Gasteiger partial charge in [-0.15, -0.1) is 5.10 Å². The van der Waals surface area contributed by atoms with Crippen LogP contribution in [0.15, 0.2) is 48.8 Å². The third-order valence-electron chi connectivity index (χ3n) is 5.13. The van der Waals surface area contributed by atoms with Crippen LogP contribution in [0.2, 0.25) is 0 Å². The normalized spacial score (nSPS) is 14.5. The lowest BCUT2D eigenvalue weighted by atomic mass is 10.1. The van der Waals surface area contributed by atoms with E-state index in [0.29, 0.717) is 17.3 Å². The SMILES string of the molecule is O=C(c1ccc(-n2cnnn2)cc1)N1CCN(c2ccc(C(F)(F)F)cc2[N+](=O)[O-])CC1. The van der Waals surface area contributed by atoms with Crippen LogP contribution < -0.4 is 4.90 Å². The van der Waals surface area contributed by atoms with Crippen LogP contribution in [-0.4, -0.2) is 62.1 Å². The van der Waals surface area contributed by atoms with E-state index in [1.807, 2.05) is 0 Å². The van der Waals surface area contributed by atoms with Crippen molar-refractivity contribution < 1.29 is 22.9 Å². The number of alkyl halides is 3. The van der Waals surface area contributed by atoms with Gasteiger partial charge in [-0.05, 0) is 46.8 Å². The van der Waals surface area contributed by atoms with E-state index in [2.05, 4.69) is 15.5 Å². The smallest absolute Gasteiger partial charge is 0.362 e. The summed E-state index contributed by atoms with van der Waals surface area (Å²) >= 11 is 0. The first kappa shape index (κ1) is 21.2. The number of hydrogen-bond acceptors (Lipinski definition) is 7. The Morgan fingerprint density at radius 1 is 1.03 bits per heavy atom. The van der Waals surface area contributed by atoms with E-state index in [0.717, 1.165) is 12.1 Å². The summed E-state index contributed by atoms with van der Waals surface area (Å²) in [5, 5.41) is 22.2. The molecule has 2 heterocycles. The molecule has 0 bridgehead atoms. The zero-order valence-electron chi connectivity index (χ0n) is 16.4. The van der Waals surface area contributed by atoms with Crippen molar-refractivity contribution >= 4 is 17.3 Å². The van der Waals surface area contributed by atoms with Crippen molar-refractivity contribution in [2.24, 2.45) is 0 Å². The van der Waals surface area contributed by atoms with E-state index in [-0.39, 0.29) is 37.8 Å². The minimum atomic E-state index is -4.67. The number of nitro benzene ring substituents is 1. The van der Waals surface area contributed by atoms with Gasteiger partial charge in [0.05, 0.1) is 16.2 Å². The fraction of sp³-hybridized carbons (Fsp3) is 0.263. The van der Waals surface area contributed by atoms with Gasteiger partial charge in [0, 0.05) is 37.8 Å². The van der Waals surface area contributed by atoms with E-state index in [1.54, 1.807) is 34.1 Å². The number of carbonyl (C=O) groups excluding carboxylic acids is 1. The Hall–Kier alpha value is -4.03. The van der Waals surface area contributed by atoms with Crippen LogP contribution >= 0.6 is 0 Å². The molecule has 1 fully saturated rings. The van der Waals surface area contributed by atoms with Crippen LogP contribution in [0.5, 0.6) is 0 Å². The molecule has 2 aromatic carbocycles. The molecule has 0 aliphatic carbocycles. The zero-order chi connectivity index (χ0) is 22.9. The molecule has 1 amide bonds. The number of carbonyl (C=O) groups is 1. The Labute approximate surface area is 179 Å². The molecular formula is C19H16F3N7O3. The van der Waals surface area contributed by atoms with Gasteiger partial charge in [-0.3, -0.25) is 14.9 Å². The topological polar surface area (TPSA) is 110 Å². The Morgan fingerprint density at radius 3 is 2.28 bits per heavy atom. The third kappa shape index (κ3) is 4.22. The van der Waals surface area contributed by atoms with Gasteiger partial charge in [0.1, 0.15) is 12.0 Å². The van der Waals surface area contributed by atoms with Gasteiger partial charge < -0.3 is 9.80 Å². The summed E-state index contributed by atoms with van der Waals surface area (Å²) in [5.74, 6) is -0.213. The lowest BCUT2D eigenvalue weighted by Crippen LogP contribution is -2.49. The highest BCUT2D eigenvalue weighted by Crippen LogP contribution is 2.36. The number of hydrogen-bond donors (Lipinski definition) is 0. The fourth-order valence-corrected chi connectivity index (χ4v) is 3.48. The predicted octanol–water partition coefficient (Wildman–Crippen LogP) is 2.55. The lowest BCUT2D eigenvalue weighted by molar-refractivity contribution is -0.384. The standard InChI is InChI=1S/C19H16F3N7O3/c20-19(21,22)14-3-6-16(17(11-14)29(31)32)26-7-9-27(10-8-26)18(30)13-1-4-15(5-2-13)28-12-23-24-25-28/h1-6,11-12H,7-10H2. The second kappa shape index (κ2) is 8.24. The number of rotatable bonds is 4. The quantitative estimate of drug-likeness (QED) is 0.447. The molecule has 13 heteroatoms. The van der Waals surface area contributed by atoms with Gasteiger partial charge >= 0.3 is 6.18 Å². The van der Waals surface area contributed by atoms with Crippen molar-refractivity contribution in [2.45, 2.75) is 6.18 Å². The molecule has 0 atom stereocenters. The van der Waals surface area contributed by atoms with E-state index in [1.165, 1.54) is 11.0 Å². The second-order valence-corrected chi connectivity index (χ2v) is 7.04. The maximum absolute atomic E-state index is 12.9.